The molecule has 5 rings (SSSR count). The van der Waals surface area contributed by atoms with Crippen molar-refractivity contribution < 1.29 is 4.79 Å². The van der Waals surface area contributed by atoms with Gasteiger partial charge in [0.2, 0.25) is 0 Å². The lowest BCUT2D eigenvalue weighted by atomic mass is 9.95. The summed E-state index contributed by atoms with van der Waals surface area (Å²) in [6.07, 6.45) is 15.6. The topological polar surface area (TPSA) is 72.7 Å². The first-order valence-electron chi connectivity index (χ1n) is 11.3. The highest BCUT2D eigenvalue weighted by Crippen LogP contribution is 2.25. The van der Waals surface area contributed by atoms with Crippen LogP contribution >= 0.6 is 0 Å². The molecule has 0 aliphatic heterocycles. The van der Waals surface area contributed by atoms with E-state index in [2.05, 4.69) is 38.6 Å². The Bertz CT molecular complexity index is 1260. The Hall–Kier alpha value is -3.54. The highest BCUT2D eigenvalue weighted by molar-refractivity contribution is 5.98. The lowest BCUT2D eigenvalue weighted by molar-refractivity contribution is 0.0991. The summed E-state index contributed by atoms with van der Waals surface area (Å²) < 4.78 is 1.79. The average Bonchev–Trinajstić information content (AvgIpc) is 3.26. The Morgan fingerprint density at radius 2 is 1.88 bits per heavy atom. The van der Waals surface area contributed by atoms with E-state index in [0.717, 1.165) is 33.3 Å². The number of anilines is 1. The third-order valence-corrected chi connectivity index (χ3v) is 6.19. The van der Waals surface area contributed by atoms with Crippen LogP contribution in [0.2, 0.25) is 0 Å². The van der Waals surface area contributed by atoms with Crippen molar-refractivity contribution in [3.05, 3.63) is 72.6 Å². The number of aromatic nitrogens is 4. The molecule has 0 bridgehead atoms. The molecule has 1 saturated carbocycles. The van der Waals surface area contributed by atoms with Crippen LogP contribution in [0, 0.1) is 0 Å². The van der Waals surface area contributed by atoms with E-state index in [4.69, 9.17) is 0 Å². The molecular weight excluding hydrogens is 398 g/mol. The van der Waals surface area contributed by atoms with Crippen molar-refractivity contribution in [2.24, 2.45) is 7.05 Å². The first-order chi connectivity index (χ1) is 15.6. The maximum Gasteiger partial charge on any atom is 0.170 e. The van der Waals surface area contributed by atoms with Crippen LogP contribution in [0.5, 0.6) is 0 Å². The minimum atomic E-state index is 0.0278. The molecule has 0 saturated heterocycles. The number of nitrogens with zero attached hydrogens (tertiary/aromatic N) is 4. The second-order valence-electron chi connectivity index (χ2n) is 8.68. The van der Waals surface area contributed by atoms with Gasteiger partial charge in [0.1, 0.15) is 0 Å². The fraction of sp³-hybridized carbons (Fsp3) is 0.308. The highest BCUT2D eigenvalue weighted by atomic mass is 16.1. The summed E-state index contributed by atoms with van der Waals surface area (Å²) in [5, 5.41) is 9.92. The molecule has 4 aromatic rings. The van der Waals surface area contributed by atoms with Crippen molar-refractivity contribution in [1.29, 1.82) is 0 Å². The molecule has 6 nitrogen and oxygen atoms in total. The number of pyridine rings is 2. The molecular formula is C26H27N5O. The Kier molecular flexibility index (Phi) is 5.67. The largest absolute Gasteiger partial charge is 0.381 e. The standard InChI is InChI=1S/C26H27N5O/c1-31-17-22(15-29-31)18-7-8-19-14-28-24(10-20(19)9-18)12-26(32)21-11-25(16-27-13-21)30-23-5-3-2-4-6-23/h7-11,13-17,23,30H,2-6,12H2,1H3. The molecule has 0 atom stereocenters. The van der Waals surface area contributed by atoms with Gasteiger partial charge in [0.15, 0.2) is 5.78 Å². The summed E-state index contributed by atoms with van der Waals surface area (Å²) in [6, 6.07) is 10.7. The van der Waals surface area contributed by atoms with Gasteiger partial charge in [-0.1, -0.05) is 31.4 Å². The third-order valence-electron chi connectivity index (χ3n) is 6.19. The fourth-order valence-electron chi connectivity index (χ4n) is 4.45. The molecule has 6 heteroatoms. The van der Waals surface area contributed by atoms with Gasteiger partial charge in [0, 0.05) is 60.1 Å². The number of carbonyl (C=O) groups excluding carboxylic acids is 1. The quantitative estimate of drug-likeness (QED) is 0.430. The Balaban J connectivity index is 1.33. The van der Waals surface area contributed by atoms with Crippen molar-refractivity contribution in [2.45, 2.75) is 44.6 Å². The first-order valence-corrected chi connectivity index (χ1v) is 11.3. The molecule has 0 amide bonds. The molecule has 0 unspecified atom stereocenters. The second kappa shape index (κ2) is 8.91. The van der Waals surface area contributed by atoms with Crippen molar-refractivity contribution in [3.8, 4) is 11.1 Å². The summed E-state index contributed by atoms with van der Waals surface area (Å²) in [6.45, 7) is 0. The molecule has 1 fully saturated rings. The number of carbonyl (C=O) groups is 1. The summed E-state index contributed by atoms with van der Waals surface area (Å²) in [5.74, 6) is 0.0278. The van der Waals surface area contributed by atoms with E-state index in [1.54, 1.807) is 17.1 Å². The van der Waals surface area contributed by atoms with Crippen LogP contribution in [0.25, 0.3) is 21.9 Å². The van der Waals surface area contributed by atoms with E-state index >= 15 is 0 Å². The van der Waals surface area contributed by atoms with Gasteiger partial charge in [0.25, 0.3) is 0 Å². The Morgan fingerprint density at radius 3 is 2.69 bits per heavy atom. The molecule has 3 heterocycles. The van der Waals surface area contributed by atoms with Crippen LogP contribution in [-0.2, 0) is 13.5 Å². The van der Waals surface area contributed by atoms with Crippen LogP contribution in [-0.4, -0.2) is 31.6 Å². The van der Waals surface area contributed by atoms with Crippen LogP contribution in [0.15, 0.2) is 61.3 Å². The lowest BCUT2D eigenvalue weighted by Gasteiger charge is -2.23. The number of rotatable bonds is 6. The molecule has 162 valence electrons. The van der Waals surface area contributed by atoms with Crippen molar-refractivity contribution in [2.75, 3.05) is 5.32 Å². The molecule has 1 aromatic carbocycles. The Labute approximate surface area is 187 Å². The van der Waals surface area contributed by atoms with Gasteiger partial charge in [-0.05, 0) is 42.0 Å². The normalized spacial score (nSPS) is 14.5. The number of nitrogens with one attached hydrogen (secondary N) is 1. The van der Waals surface area contributed by atoms with E-state index in [1.807, 2.05) is 37.8 Å². The minimum Gasteiger partial charge on any atom is -0.381 e. The number of hydrogen-bond acceptors (Lipinski definition) is 5. The van der Waals surface area contributed by atoms with E-state index in [-0.39, 0.29) is 12.2 Å². The molecule has 3 aromatic heterocycles. The van der Waals surface area contributed by atoms with Gasteiger partial charge in [-0.2, -0.15) is 5.10 Å². The van der Waals surface area contributed by atoms with Gasteiger partial charge >= 0.3 is 0 Å². The SMILES string of the molecule is Cn1cc(-c2ccc3cnc(CC(=O)c4cncc(NC5CCCCC5)c4)cc3c2)cn1. The third kappa shape index (κ3) is 4.54. The summed E-state index contributed by atoms with van der Waals surface area (Å²) >= 11 is 0. The van der Waals surface area contributed by atoms with Gasteiger partial charge in [-0.15, -0.1) is 0 Å². The number of ketones is 1. The molecule has 1 aliphatic carbocycles. The summed E-state index contributed by atoms with van der Waals surface area (Å²) in [7, 11) is 1.91. The molecule has 32 heavy (non-hydrogen) atoms. The van der Waals surface area contributed by atoms with Crippen molar-refractivity contribution in [3.63, 3.8) is 0 Å². The summed E-state index contributed by atoms with van der Waals surface area (Å²) in [5.41, 5.74) is 4.47. The zero-order valence-corrected chi connectivity index (χ0v) is 18.3. The van der Waals surface area contributed by atoms with Crippen LogP contribution in [0.3, 0.4) is 0 Å². The maximum absolute atomic E-state index is 13.0. The molecule has 1 aliphatic rings. The second-order valence-corrected chi connectivity index (χ2v) is 8.68. The monoisotopic (exact) mass is 425 g/mol. The number of hydrogen-bond donors (Lipinski definition) is 1. The van der Waals surface area contributed by atoms with E-state index in [0.29, 0.717) is 11.6 Å². The fourth-order valence-corrected chi connectivity index (χ4v) is 4.45. The van der Waals surface area contributed by atoms with E-state index in [1.165, 1.54) is 32.1 Å². The predicted molar refractivity (Wildman–Crippen MR) is 127 cm³/mol. The zero-order valence-electron chi connectivity index (χ0n) is 18.3. The molecule has 0 radical (unpaired) electrons. The molecule has 1 N–H and O–H groups in total. The molecule has 0 spiro atoms. The number of Topliss-reactive ketones (excluding diaryl/α,β-unsaturated/α-hetero) is 1. The van der Waals surface area contributed by atoms with Gasteiger partial charge in [0.05, 0.1) is 18.3 Å². The van der Waals surface area contributed by atoms with Gasteiger partial charge < -0.3 is 5.32 Å². The Morgan fingerprint density at radius 1 is 1.00 bits per heavy atom. The first kappa shape index (κ1) is 20.4. The minimum absolute atomic E-state index is 0.0278. The van der Waals surface area contributed by atoms with E-state index in [9.17, 15) is 4.79 Å². The summed E-state index contributed by atoms with van der Waals surface area (Å²) in [4.78, 5) is 21.8. The van der Waals surface area contributed by atoms with Crippen molar-refractivity contribution in [1.82, 2.24) is 19.7 Å². The van der Waals surface area contributed by atoms with Gasteiger partial charge in [-0.25, -0.2) is 0 Å². The average molecular weight is 426 g/mol. The number of benzene rings is 1. The predicted octanol–water partition coefficient (Wildman–Crippen LogP) is 5.20. The van der Waals surface area contributed by atoms with Crippen LogP contribution < -0.4 is 5.32 Å². The zero-order chi connectivity index (χ0) is 21.9. The maximum atomic E-state index is 13.0. The van der Waals surface area contributed by atoms with Crippen LogP contribution in [0.1, 0.15) is 48.2 Å². The van der Waals surface area contributed by atoms with Crippen molar-refractivity contribution >= 4 is 22.2 Å². The van der Waals surface area contributed by atoms with Crippen LogP contribution in [0.4, 0.5) is 5.69 Å². The highest BCUT2D eigenvalue weighted by Gasteiger charge is 2.15. The number of aryl methyl sites for hydroxylation is 1. The van der Waals surface area contributed by atoms with E-state index < -0.39 is 0 Å². The smallest absolute Gasteiger partial charge is 0.170 e. The van der Waals surface area contributed by atoms with Gasteiger partial charge in [-0.3, -0.25) is 19.4 Å². The number of fused-ring (bicyclic) bond motifs is 1. The lowest BCUT2D eigenvalue weighted by Crippen LogP contribution is -2.22.